The lowest BCUT2D eigenvalue weighted by Crippen LogP contribution is -2.12. The maximum Gasteiger partial charge on any atom is 0.343 e. The van der Waals surface area contributed by atoms with Gasteiger partial charge in [-0.2, -0.15) is 0 Å². The maximum absolute atomic E-state index is 13.4. The van der Waals surface area contributed by atoms with Crippen LogP contribution in [0.1, 0.15) is 68.2 Å². The Kier molecular flexibility index (Phi) is 8.14. The van der Waals surface area contributed by atoms with Crippen molar-refractivity contribution in [2.24, 2.45) is 0 Å². The van der Waals surface area contributed by atoms with Crippen molar-refractivity contribution in [1.29, 1.82) is 0 Å². The normalized spacial score (nSPS) is 12.4. The zero-order valence-electron chi connectivity index (χ0n) is 24.2. The van der Waals surface area contributed by atoms with E-state index < -0.39 is 5.97 Å². The number of carbonyl (C=O) groups excluding carboxylic acids is 1. The molecule has 1 aliphatic rings. The van der Waals surface area contributed by atoms with E-state index in [0.29, 0.717) is 54.7 Å². The Morgan fingerprint density at radius 2 is 0.953 bits per heavy atom. The molecule has 0 aromatic heterocycles. The van der Waals surface area contributed by atoms with Crippen LogP contribution >= 0.6 is 0 Å². The lowest BCUT2D eigenvalue weighted by atomic mass is 9.91. The van der Waals surface area contributed by atoms with E-state index >= 15 is 0 Å². The monoisotopic (exact) mass is 570 g/mol. The Labute approximate surface area is 252 Å². The summed E-state index contributed by atoms with van der Waals surface area (Å²) in [6.07, 6.45) is 2.53. The van der Waals surface area contributed by atoms with Gasteiger partial charge in [0.1, 0.15) is 23.0 Å². The van der Waals surface area contributed by atoms with Gasteiger partial charge >= 0.3 is 5.97 Å². The number of benzene rings is 5. The summed E-state index contributed by atoms with van der Waals surface area (Å²) in [5.74, 6) is 1.24. The highest BCUT2D eigenvalue weighted by atomic mass is 16.5. The molecule has 0 spiro atoms. The van der Waals surface area contributed by atoms with E-state index in [9.17, 15) is 15.0 Å². The van der Waals surface area contributed by atoms with Crippen molar-refractivity contribution in [3.05, 3.63) is 153 Å². The SMILES string of the molecule is CCCOc1c2cccc1Cc1cccc(c1OC(=O)c1ccccc1)Cc1cccc(c1O)Cc1cccc(c1O)C2. The molecule has 5 aromatic rings. The van der Waals surface area contributed by atoms with Gasteiger partial charge in [0.15, 0.2) is 0 Å². The lowest BCUT2D eigenvalue weighted by Gasteiger charge is -2.20. The van der Waals surface area contributed by atoms with Crippen molar-refractivity contribution in [1.82, 2.24) is 0 Å². The van der Waals surface area contributed by atoms with Crippen molar-refractivity contribution in [3.63, 3.8) is 0 Å². The smallest absolute Gasteiger partial charge is 0.343 e. The Bertz CT molecular complexity index is 1770. The average Bonchev–Trinajstić information content (AvgIpc) is 3.02. The number of phenolic OH excluding ortho intramolecular Hbond substituents is 2. The lowest BCUT2D eigenvalue weighted by molar-refractivity contribution is 0.0731. The molecular weight excluding hydrogens is 536 g/mol. The molecule has 0 radical (unpaired) electrons. The van der Waals surface area contributed by atoms with Crippen molar-refractivity contribution in [2.45, 2.75) is 39.0 Å². The van der Waals surface area contributed by atoms with E-state index in [1.807, 2.05) is 91.0 Å². The van der Waals surface area contributed by atoms with Crippen LogP contribution in [0.25, 0.3) is 0 Å². The number of para-hydroxylation sites is 4. The number of rotatable bonds is 5. The number of carbonyl (C=O) groups is 1. The number of esters is 1. The first-order valence-electron chi connectivity index (χ1n) is 14.7. The summed E-state index contributed by atoms with van der Waals surface area (Å²) < 4.78 is 12.5. The zero-order chi connectivity index (χ0) is 29.8. The predicted molar refractivity (Wildman–Crippen MR) is 168 cm³/mol. The molecule has 6 rings (SSSR count). The third-order valence-electron chi connectivity index (χ3n) is 7.94. The largest absolute Gasteiger partial charge is 0.507 e. The van der Waals surface area contributed by atoms with Gasteiger partial charge in [0.25, 0.3) is 0 Å². The molecule has 5 nitrogen and oxygen atoms in total. The quantitative estimate of drug-likeness (QED) is 0.164. The van der Waals surface area contributed by atoms with Crippen LogP contribution in [0.15, 0.2) is 103 Å². The summed E-state index contributed by atoms with van der Waals surface area (Å²) in [4.78, 5) is 13.4. The summed E-state index contributed by atoms with van der Waals surface area (Å²) in [7, 11) is 0. The van der Waals surface area contributed by atoms with Crippen LogP contribution < -0.4 is 9.47 Å². The second kappa shape index (κ2) is 12.5. The van der Waals surface area contributed by atoms with E-state index in [4.69, 9.17) is 9.47 Å². The van der Waals surface area contributed by atoms with Crippen molar-refractivity contribution in [3.8, 4) is 23.0 Å². The fraction of sp³-hybridized carbons (Fsp3) is 0.184. The van der Waals surface area contributed by atoms with Crippen LogP contribution in [0.3, 0.4) is 0 Å². The van der Waals surface area contributed by atoms with Crippen LogP contribution in [0.4, 0.5) is 0 Å². The molecule has 216 valence electrons. The molecule has 5 heteroatoms. The Morgan fingerprint density at radius 1 is 0.558 bits per heavy atom. The van der Waals surface area contributed by atoms with E-state index in [1.54, 1.807) is 12.1 Å². The molecule has 0 aliphatic heterocycles. The summed E-state index contributed by atoms with van der Waals surface area (Å²) in [5, 5.41) is 22.7. The Hall–Kier alpha value is -5.03. The van der Waals surface area contributed by atoms with Gasteiger partial charge in [-0.15, -0.1) is 0 Å². The van der Waals surface area contributed by atoms with Crippen LogP contribution in [-0.2, 0) is 25.7 Å². The highest BCUT2D eigenvalue weighted by Gasteiger charge is 2.21. The first-order chi connectivity index (χ1) is 21.0. The fourth-order valence-corrected chi connectivity index (χ4v) is 5.76. The first kappa shape index (κ1) is 28.1. The van der Waals surface area contributed by atoms with Gasteiger partial charge in [-0.05, 0) is 63.1 Å². The minimum absolute atomic E-state index is 0.172. The van der Waals surface area contributed by atoms with Crippen LogP contribution in [0.2, 0.25) is 0 Å². The molecule has 0 unspecified atom stereocenters. The van der Waals surface area contributed by atoms with Gasteiger partial charge in [0.05, 0.1) is 12.2 Å². The number of aromatic hydroxyl groups is 2. The minimum atomic E-state index is -0.438. The fourth-order valence-electron chi connectivity index (χ4n) is 5.76. The molecule has 0 saturated carbocycles. The van der Waals surface area contributed by atoms with Gasteiger partial charge < -0.3 is 19.7 Å². The molecule has 0 atom stereocenters. The minimum Gasteiger partial charge on any atom is -0.507 e. The number of fused-ring (bicyclic) bond motifs is 8. The zero-order valence-corrected chi connectivity index (χ0v) is 24.2. The first-order valence-corrected chi connectivity index (χ1v) is 14.7. The molecule has 0 fully saturated rings. The molecule has 0 saturated heterocycles. The third-order valence-corrected chi connectivity index (χ3v) is 7.94. The number of phenols is 2. The molecular formula is C38H34O5. The van der Waals surface area contributed by atoms with Gasteiger partial charge in [-0.3, -0.25) is 0 Å². The number of hydrogen-bond acceptors (Lipinski definition) is 5. The summed E-state index contributed by atoms with van der Waals surface area (Å²) in [6.45, 7) is 2.63. The molecule has 5 aromatic carbocycles. The Morgan fingerprint density at radius 3 is 1.42 bits per heavy atom. The molecule has 0 heterocycles. The van der Waals surface area contributed by atoms with Gasteiger partial charge in [0, 0.05) is 25.7 Å². The highest BCUT2D eigenvalue weighted by Crippen LogP contribution is 2.38. The van der Waals surface area contributed by atoms with E-state index in [-0.39, 0.29) is 11.5 Å². The van der Waals surface area contributed by atoms with E-state index in [0.717, 1.165) is 45.6 Å². The average molecular weight is 571 g/mol. The predicted octanol–water partition coefficient (Wildman–Crippen LogP) is 7.78. The van der Waals surface area contributed by atoms with Gasteiger partial charge in [0.2, 0.25) is 0 Å². The van der Waals surface area contributed by atoms with E-state index in [2.05, 4.69) is 6.92 Å². The molecule has 43 heavy (non-hydrogen) atoms. The molecule has 8 bridgehead atoms. The van der Waals surface area contributed by atoms with Crippen LogP contribution in [-0.4, -0.2) is 22.8 Å². The molecule has 1 aliphatic carbocycles. The topological polar surface area (TPSA) is 76.0 Å². The Balaban J connectivity index is 1.54. The van der Waals surface area contributed by atoms with Crippen molar-refractivity contribution >= 4 is 5.97 Å². The summed E-state index contributed by atoms with van der Waals surface area (Å²) in [6, 6.07) is 32.4. The maximum atomic E-state index is 13.4. The summed E-state index contributed by atoms with van der Waals surface area (Å²) in [5.41, 5.74) is 6.98. The number of ether oxygens (including phenoxy) is 2. The molecule has 0 amide bonds. The van der Waals surface area contributed by atoms with Crippen molar-refractivity contribution < 1.29 is 24.5 Å². The van der Waals surface area contributed by atoms with Crippen LogP contribution in [0.5, 0.6) is 23.0 Å². The van der Waals surface area contributed by atoms with Crippen LogP contribution in [0, 0.1) is 0 Å². The van der Waals surface area contributed by atoms with E-state index in [1.165, 1.54) is 0 Å². The molecule has 2 N–H and O–H groups in total. The van der Waals surface area contributed by atoms with Crippen molar-refractivity contribution in [2.75, 3.05) is 6.61 Å². The van der Waals surface area contributed by atoms with Gasteiger partial charge in [-0.25, -0.2) is 4.79 Å². The third kappa shape index (κ3) is 5.98. The highest BCUT2D eigenvalue weighted by molar-refractivity contribution is 5.91. The summed E-state index contributed by atoms with van der Waals surface area (Å²) >= 11 is 0. The standard InChI is InChI=1S/C38H34O5/c1-2-20-42-36-30-16-8-17-31(36)24-33-19-9-18-32(37(33)43-38(41)25-10-4-3-5-11-25)23-29-15-7-13-27(35(29)40)21-26-12-6-14-28(22-30)34(26)39/h3-19,39-40H,2,20-24H2,1H3. The van der Waals surface area contributed by atoms with Gasteiger partial charge in [-0.1, -0.05) is 97.9 Å². The second-order valence-electron chi connectivity index (χ2n) is 11.0. The second-order valence-corrected chi connectivity index (χ2v) is 11.0. The number of hydrogen-bond donors (Lipinski definition) is 2.